The number of aromatic nitrogens is 1. The zero-order valence-corrected chi connectivity index (χ0v) is 11.9. The Morgan fingerprint density at radius 1 is 1.58 bits per heavy atom. The van der Waals surface area contributed by atoms with Crippen molar-refractivity contribution in [3.8, 4) is 0 Å². The minimum atomic E-state index is -1.02. The van der Waals surface area contributed by atoms with E-state index < -0.39 is 5.97 Å². The molecule has 1 aromatic rings. The average molecular weight is 301 g/mol. The van der Waals surface area contributed by atoms with Crippen LogP contribution in [0.3, 0.4) is 0 Å². The van der Waals surface area contributed by atoms with Crippen LogP contribution in [0.2, 0.25) is 0 Å². The van der Waals surface area contributed by atoms with Crippen LogP contribution in [0.25, 0.3) is 0 Å². The number of hydrogen-bond donors (Lipinski definition) is 3. The molecule has 1 aliphatic heterocycles. The van der Waals surface area contributed by atoms with Gasteiger partial charge in [-0.3, -0.25) is 4.79 Å². The van der Waals surface area contributed by atoms with E-state index in [4.69, 9.17) is 5.11 Å². The van der Waals surface area contributed by atoms with Gasteiger partial charge in [0.1, 0.15) is 0 Å². The maximum Gasteiger partial charge on any atom is 0.355 e. The fourth-order valence-electron chi connectivity index (χ4n) is 1.67. The molecule has 0 aliphatic carbocycles. The molecule has 0 radical (unpaired) electrons. The van der Waals surface area contributed by atoms with Gasteiger partial charge in [-0.15, -0.1) is 11.3 Å². The second-order valence-electron chi connectivity index (χ2n) is 4.05. The third kappa shape index (κ3) is 4.19. The number of carboxylic acid groups (broad SMARTS) is 1. The Balaban J connectivity index is 1.73. The molecule has 8 heteroatoms. The van der Waals surface area contributed by atoms with Crippen molar-refractivity contribution in [3.63, 3.8) is 0 Å². The lowest BCUT2D eigenvalue weighted by molar-refractivity contribution is -0.122. The van der Waals surface area contributed by atoms with E-state index in [1.807, 2.05) is 0 Å². The predicted molar refractivity (Wildman–Crippen MR) is 74.9 cm³/mol. The number of nitrogens with zero attached hydrogens (tertiary/aromatic N) is 1. The van der Waals surface area contributed by atoms with Crippen LogP contribution in [-0.4, -0.2) is 52.6 Å². The standard InChI is InChI=1S/C11H15N3O3S2/c15-10(7-5-18-4-3-12-7)13-2-1-9-14-8(6-19-9)11(16)17/h6-7,12H,1-5H2,(H,13,15)(H,16,17). The number of carbonyl (C=O) groups is 2. The van der Waals surface area contributed by atoms with E-state index in [2.05, 4.69) is 15.6 Å². The van der Waals surface area contributed by atoms with Crippen LogP contribution in [0.1, 0.15) is 15.5 Å². The van der Waals surface area contributed by atoms with Crippen LogP contribution in [0.4, 0.5) is 0 Å². The summed E-state index contributed by atoms with van der Waals surface area (Å²) in [7, 11) is 0. The zero-order valence-electron chi connectivity index (χ0n) is 10.2. The van der Waals surface area contributed by atoms with Crippen LogP contribution in [0.5, 0.6) is 0 Å². The molecular formula is C11H15N3O3S2. The summed E-state index contributed by atoms with van der Waals surface area (Å²) in [5.74, 6) is 0.824. The predicted octanol–water partition coefficient (Wildman–Crippen LogP) is 0.205. The van der Waals surface area contributed by atoms with Gasteiger partial charge in [0, 0.05) is 36.4 Å². The number of nitrogens with one attached hydrogen (secondary N) is 2. The molecule has 6 nitrogen and oxygen atoms in total. The third-order valence-corrected chi connectivity index (χ3v) is 4.62. The summed E-state index contributed by atoms with van der Waals surface area (Å²) in [6, 6.07) is -0.121. The quantitative estimate of drug-likeness (QED) is 0.720. The first-order valence-electron chi connectivity index (χ1n) is 5.93. The SMILES string of the molecule is O=C(O)c1csc(CCNC(=O)C2CSCCN2)n1. The van der Waals surface area contributed by atoms with Crippen molar-refractivity contribution < 1.29 is 14.7 Å². The fourth-order valence-corrected chi connectivity index (χ4v) is 3.38. The van der Waals surface area contributed by atoms with Gasteiger partial charge in [-0.05, 0) is 0 Å². The molecule has 1 atom stereocenters. The number of carboxylic acids is 1. The Morgan fingerprint density at radius 2 is 2.42 bits per heavy atom. The zero-order chi connectivity index (χ0) is 13.7. The molecule has 0 saturated carbocycles. The van der Waals surface area contributed by atoms with Crippen molar-refractivity contribution in [1.82, 2.24) is 15.6 Å². The van der Waals surface area contributed by atoms with E-state index in [1.165, 1.54) is 16.7 Å². The van der Waals surface area contributed by atoms with Gasteiger partial charge in [-0.2, -0.15) is 11.8 Å². The van der Waals surface area contributed by atoms with Crippen molar-refractivity contribution in [1.29, 1.82) is 0 Å². The van der Waals surface area contributed by atoms with Gasteiger partial charge in [0.25, 0.3) is 0 Å². The van der Waals surface area contributed by atoms with Gasteiger partial charge in [0.15, 0.2) is 5.69 Å². The second kappa shape index (κ2) is 6.88. The Labute approximate surface area is 119 Å². The Kier molecular flexibility index (Phi) is 5.17. The van der Waals surface area contributed by atoms with Gasteiger partial charge in [-0.25, -0.2) is 9.78 Å². The molecule has 1 unspecified atom stereocenters. The summed E-state index contributed by atoms with van der Waals surface area (Å²) in [4.78, 5) is 26.4. The average Bonchev–Trinajstić information content (AvgIpc) is 2.89. The highest BCUT2D eigenvalue weighted by molar-refractivity contribution is 7.99. The first kappa shape index (κ1) is 14.3. The molecule has 1 saturated heterocycles. The minimum absolute atomic E-state index is 0.00205. The summed E-state index contributed by atoms with van der Waals surface area (Å²) in [6.45, 7) is 1.34. The number of thiazole rings is 1. The Bertz CT molecular complexity index is 458. The number of carbonyl (C=O) groups excluding carboxylic acids is 1. The van der Waals surface area contributed by atoms with Crippen molar-refractivity contribution in [2.45, 2.75) is 12.5 Å². The second-order valence-corrected chi connectivity index (χ2v) is 6.15. The largest absolute Gasteiger partial charge is 0.476 e. The first-order chi connectivity index (χ1) is 9.16. The number of hydrogen-bond acceptors (Lipinski definition) is 6. The van der Waals surface area contributed by atoms with Gasteiger partial charge in [0.05, 0.1) is 11.0 Å². The molecule has 1 aliphatic rings. The number of aromatic carboxylic acids is 1. The van der Waals surface area contributed by atoms with Crippen molar-refractivity contribution in [2.75, 3.05) is 24.6 Å². The van der Waals surface area contributed by atoms with Crippen molar-refractivity contribution in [2.24, 2.45) is 0 Å². The summed E-state index contributed by atoms with van der Waals surface area (Å²) in [5.41, 5.74) is 0.0664. The van der Waals surface area contributed by atoms with Crippen LogP contribution < -0.4 is 10.6 Å². The molecule has 3 N–H and O–H groups in total. The highest BCUT2D eigenvalue weighted by Crippen LogP contribution is 2.10. The Morgan fingerprint density at radius 3 is 3.05 bits per heavy atom. The number of thioether (sulfide) groups is 1. The van der Waals surface area contributed by atoms with E-state index in [-0.39, 0.29) is 17.6 Å². The van der Waals surface area contributed by atoms with E-state index in [1.54, 1.807) is 11.8 Å². The van der Waals surface area contributed by atoms with Crippen LogP contribution in [0.15, 0.2) is 5.38 Å². The van der Waals surface area contributed by atoms with E-state index in [0.29, 0.717) is 13.0 Å². The number of rotatable bonds is 5. The molecule has 0 spiro atoms. The minimum Gasteiger partial charge on any atom is -0.476 e. The Hall–Kier alpha value is -1.12. The lowest BCUT2D eigenvalue weighted by atomic mass is 10.3. The van der Waals surface area contributed by atoms with Gasteiger partial charge in [-0.1, -0.05) is 0 Å². The lowest BCUT2D eigenvalue weighted by Gasteiger charge is -2.22. The monoisotopic (exact) mass is 301 g/mol. The molecule has 1 fully saturated rings. The van der Waals surface area contributed by atoms with Crippen LogP contribution in [0, 0.1) is 0 Å². The van der Waals surface area contributed by atoms with Crippen LogP contribution in [-0.2, 0) is 11.2 Å². The molecule has 0 bridgehead atoms. The maximum atomic E-state index is 11.8. The van der Waals surface area contributed by atoms with E-state index in [9.17, 15) is 9.59 Å². The van der Waals surface area contributed by atoms with E-state index >= 15 is 0 Å². The molecule has 104 valence electrons. The van der Waals surface area contributed by atoms with Crippen molar-refractivity contribution in [3.05, 3.63) is 16.1 Å². The first-order valence-corrected chi connectivity index (χ1v) is 7.97. The van der Waals surface area contributed by atoms with Gasteiger partial charge in [0.2, 0.25) is 5.91 Å². The highest BCUT2D eigenvalue weighted by Gasteiger charge is 2.20. The molecule has 1 amide bonds. The van der Waals surface area contributed by atoms with Gasteiger partial charge < -0.3 is 15.7 Å². The highest BCUT2D eigenvalue weighted by atomic mass is 32.2. The van der Waals surface area contributed by atoms with Gasteiger partial charge >= 0.3 is 5.97 Å². The normalized spacial score (nSPS) is 19.1. The topological polar surface area (TPSA) is 91.3 Å². The summed E-state index contributed by atoms with van der Waals surface area (Å²) < 4.78 is 0. The molecular weight excluding hydrogens is 286 g/mol. The summed E-state index contributed by atoms with van der Waals surface area (Å²) >= 11 is 3.07. The van der Waals surface area contributed by atoms with Crippen molar-refractivity contribution >= 4 is 35.0 Å². The summed E-state index contributed by atoms with van der Waals surface area (Å²) in [5, 5.41) is 17.0. The number of amides is 1. The lowest BCUT2D eigenvalue weighted by Crippen LogP contribution is -2.49. The molecule has 1 aromatic heterocycles. The molecule has 2 heterocycles. The molecule has 2 rings (SSSR count). The van der Waals surface area contributed by atoms with Crippen LogP contribution >= 0.6 is 23.1 Å². The fraction of sp³-hybridized carbons (Fsp3) is 0.545. The van der Waals surface area contributed by atoms with E-state index in [0.717, 1.165) is 23.1 Å². The maximum absolute atomic E-state index is 11.8. The summed E-state index contributed by atoms with van der Waals surface area (Å²) in [6.07, 6.45) is 0.559. The third-order valence-electron chi connectivity index (χ3n) is 2.65. The molecule has 19 heavy (non-hydrogen) atoms. The smallest absolute Gasteiger partial charge is 0.355 e. The molecule has 0 aromatic carbocycles.